The molecule has 0 aliphatic carbocycles. The Hall–Kier alpha value is 1.38. The first-order valence-electron chi connectivity index (χ1n) is 10.3. The lowest BCUT2D eigenvalue weighted by Crippen LogP contribution is -3.00. The molecule has 3 N–H and O–H groups in total. The van der Waals surface area contributed by atoms with E-state index in [1.165, 1.54) is 94.9 Å². The van der Waals surface area contributed by atoms with Crippen molar-refractivity contribution >= 4 is 0 Å². The topological polar surface area (TPSA) is 27.6 Å². The summed E-state index contributed by atoms with van der Waals surface area (Å²) in [6.45, 7) is 18.3. The van der Waals surface area contributed by atoms with E-state index in [1.807, 2.05) is 0 Å². The van der Waals surface area contributed by atoms with Crippen LogP contribution >= 0.6 is 0 Å². The summed E-state index contributed by atoms with van der Waals surface area (Å²) in [7, 11) is 0. The average Bonchev–Trinajstić information content (AvgIpc) is 2.55. The van der Waals surface area contributed by atoms with Gasteiger partial charge in [-0.05, 0) is 32.1 Å². The summed E-state index contributed by atoms with van der Waals surface area (Å²) in [6, 6.07) is 0. The Kier molecular flexibility index (Phi) is 36.6. The molecule has 0 atom stereocenters. The Labute approximate surface area is 188 Å². The molecule has 0 saturated heterocycles. The van der Waals surface area contributed by atoms with E-state index in [2.05, 4.69) is 40.4 Å². The van der Waals surface area contributed by atoms with Crippen LogP contribution in [0.3, 0.4) is 0 Å². The zero-order valence-electron chi connectivity index (χ0n) is 17.5. The molecule has 0 radical (unpaired) electrons. The summed E-state index contributed by atoms with van der Waals surface area (Å²) in [5.41, 5.74) is 3.68. The molecule has 24 heavy (non-hydrogen) atoms. The molecule has 0 aromatic heterocycles. The van der Waals surface area contributed by atoms with Crippen molar-refractivity contribution in [3.63, 3.8) is 0 Å². The molecular formula is C20H48I2N2. The van der Waals surface area contributed by atoms with Crippen molar-refractivity contribution in [1.29, 1.82) is 0 Å². The second-order valence-corrected chi connectivity index (χ2v) is 6.86. The van der Waals surface area contributed by atoms with Crippen LogP contribution in [0.4, 0.5) is 0 Å². The van der Waals surface area contributed by atoms with Crippen molar-refractivity contribution in [2.24, 2.45) is 0 Å². The Balaban J connectivity index is -0.000000250. The molecule has 2 nitrogen and oxygen atoms in total. The van der Waals surface area contributed by atoms with Gasteiger partial charge < -0.3 is 58.2 Å². The highest BCUT2D eigenvalue weighted by atomic mass is 127. The minimum Gasteiger partial charge on any atom is -1.00 e. The van der Waals surface area contributed by atoms with Crippen LogP contribution in [0.1, 0.15) is 98.8 Å². The van der Waals surface area contributed by atoms with Gasteiger partial charge in [0.25, 0.3) is 0 Å². The largest absolute Gasteiger partial charge is 1.00 e. The van der Waals surface area contributed by atoms with Crippen molar-refractivity contribution in [1.82, 2.24) is 0 Å². The van der Waals surface area contributed by atoms with Gasteiger partial charge in [-0.2, -0.15) is 0 Å². The Morgan fingerprint density at radius 2 is 0.750 bits per heavy atom. The van der Waals surface area contributed by atoms with Crippen LogP contribution in [0.15, 0.2) is 0 Å². The van der Waals surface area contributed by atoms with Crippen molar-refractivity contribution in [2.45, 2.75) is 98.8 Å². The number of hydrogen-bond acceptors (Lipinski definition) is 0. The predicted octanol–water partition coefficient (Wildman–Crippen LogP) is -0.960. The summed E-state index contributed by atoms with van der Waals surface area (Å²) in [5, 5.41) is 0. The van der Waals surface area contributed by atoms with Crippen molar-refractivity contribution in [3.05, 3.63) is 0 Å². The van der Waals surface area contributed by atoms with E-state index in [-0.39, 0.29) is 48.0 Å². The Morgan fingerprint density at radius 3 is 0.875 bits per heavy atom. The fourth-order valence-corrected chi connectivity index (χ4v) is 2.89. The fraction of sp³-hybridized carbons (Fsp3) is 1.00. The summed E-state index contributed by atoms with van der Waals surface area (Å²) in [6.07, 6.45) is 13.6. The van der Waals surface area contributed by atoms with Gasteiger partial charge in [0.15, 0.2) is 0 Å². The molecule has 0 aliphatic rings. The van der Waals surface area contributed by atoms with Crippen LogP contribution in [0.2, 0.25) is 0 Å². The first-order chi connectivity index (χ1) is 10.7. The molecule has 0 saturated carbocycles. The number of hydrogen-bond donors (Lipinski definition) is 1. The van der Waals surface area contributed by atoms with Gasteiger partial charge in [0.05, 0.1) is 32.7 Å². The lowest BCUT2D eigenvalue weighted by Gasteiger charge is -2.39. The van der Waals surface area contributed by atoms with Gasteiger partial charge in [-0.15, -0.1) is 0 Å². The third-order valence-corrected chi connectivity index (χ3v) is 4.55. The molecule has 152 valence electrons. The van der Waals surface area contributed by atoms with Crippen molar-refractivity contribution in [3.8, 4) is 0 Å². The van der Waals surface area contributed by atoms with E-state index in [9.17, 15) is 0 Å². The zero-order valence-corrected chi connectivity index (χ0v) is 21.8. The van der Waals surface area contributed by atoms with Crippen molar-refractivity contribution in [2.75, 3.05) is 32.7 Å². The monoisotopic (exact) mass is 570 g/mol. The summed E-state index contributed by atoms with van der Waals surface area (Å²) in [5.74, 6) is 0. The number of unbranched alkanes of at least 4 members (excludes halogenated alkanes) is 5. The van der Waals surface area contributed by atoms with Crippen molar-refractivity contribution < 1.29 is 58.2 Å². The van der Waals surface area contributed by atoms with Crippen LogP contribution < -0.4 is 53.7 Å². The highest BCUT2D eigenvalue weighted by Gasteiger charge is 2.24. The Morgan fingerprint density at radius 1 is 0.500 bits per heavy atom. The number of quaternary nitrogens is 2. The molecule has 0 amide bonds. The zero-order chi connectivity index (χ0) is 17.1. The van der Waals surface area contributed by atoms with E-state index >= 15 is 0 Å². The molecule has 0 heterocycles. The molecular weight excluding hydrogens is 522 g/mol. The van der Waals surface area contributed by atoms with E-state index in [1.54, 1.807) is 0 Å². The highest BCUT2D eigenvalue weighted by molar-refractivity contribution is 4.49. The molecule has 4 heteroatoms. The molecule has 0 spiro atoms. The molecule has 0 fully saturated rings. The third-order valence-electron chi connectivity index (χ3n) is 4.55. The maximum atomic E-state index is 3.68. The molecule has 0 bridgehead atoms. The minimum absolute atomic E-state index is 0. The Bertz CT molecular complexity index is 163. The van der Waals surface area contributed by atoms with E-state index in [0.717, 1.165) is 6.54 Å². The van der Waals surface area contributed by atoms with Crippen LogP contribution in [0.5, 0.6) is 0 Å². The van der Waals surface area contributed by atoms with Gasteiger partial charge in [-0.3, -0.25) is 0 Å². The maximum Gasteiger partial charge on any atom is 0.0786 e. The van der Waals surface area contributed by atoms with Crippen LogP contribution in [0.25, 0.3) is 0 Å². The van der Waals surface area contributed by atoms with Crippen LogP contribution in [0, 0.1) is 0 Å². The van der Waals surface area contributed by atoms with E-state index < -0.39 is 0 Å². The van der Waals surface area contributed by atoms with Gasteiger partial charge in [-0.25, -0.2) is 0 Å². The number of rotatable bonds is 14. The van der Waals surface area contributed by atoms with Gasteiger partial charge in [0.1, 0.15) is 0 Å². The normalized spacial score (nSPS) is 10.2. The second kappa shape index (κ2) is 26.6. The summed E-state index contributed by atoms with van der Waals surface area (Å²) >= 11 is 0. The third kappa shape index (κ3) is 21.4. The van der Waals surface area contributed by atoms with Gasteiger partial charge >= 0.3 is 0 Å². The highest BCUT2D eigenvalue weighted by Crippen LogP contribution is 2.16. The molecule has 0 aliphatic heterocycles. The second-order valence-electron chi connectivity index (χ2n) is 6.86. The lowest BCUT2D eigenvalue weighted by atomic mass is 10.1. The molecule has 0 rings (SSSR count). The molecule has 0 aromatic rings. The summed E-state index contributed by atoms with van der Waals surface area (Å²) < 4.78 is 1.42. The first kappa shape index (κ1) is 33.0. The van der Waals surface area contributed by atoms with Crippen LogP contribution in [-0.4, -0.2) is 37.2 Å². The van der Waals surface area contributed by atoms with E-state index in [4.69, 9.17) is 0 Å². The predicted molar refractivity (Wildman–Crippen MR) is 102 cm³/mol. The standard InChI is InChI=1S/C16H36N.C4H11N.2HI/c1-5-9-13-17(14-10-6-2,15-11-7-3)16-12-8-4;1-2-3-4-5;;/h5-16H2,1-4H3;2-5H2,1H3;2*1H/q+1;;;/p-1. The lowest BCUT2D eigenvalue weighted by molar-refractivity contribution is -0.929. The maximum absolute atomic E-state index is 3.68. The van der Waals surface area contributed by atoms with E-state index in [0.29, 0.717) is 0 Å². The smallest absolute Gasteiger partial charge is 0.0786 e. The van der Waals surface area contributed by atoms with Gasteiger partial charge in [0.2, 0.25) is 0 Å². The SMILES string of the molecule is CCCC[N+](CCCC)(CCCC)CCCC.CCCC[NH3+].[I-].[I-]. The minimum atomic E-state index is 0. The van der Waals surface area contributed by atoms with Gasteiger partial charge in [-0.1, -0.05) is 66.7 Å². The quantitative estimate of drug-likeness (QED) is 0.206. The fourth-order valence-electron chi connectivity index (χ4n) is 2.89. The van der Waals surface area contributed by atoms with Crippen LogP contribution in [-0.2, 0) is 0 Å². The number of nitrogens with zero attached hydrogens (tertiary/aromatic N) is 1. The number of halogens is 2. The first-order valence-corrected chi connectivity index (χ1v) is 10.3. The van der Waals surface area contributed by atoms with Gasteiger partial charge in [0, 0.05) is 0 Å². The molecule has 0 unspecified atom stereocenters. The average molecular weight is 570 g/mol. The molecule has 0 aromatic carbocycles. The summed E-state index contributed by atoms with van der Waals surface area (Å²) in [4.78, 5) is 0.